The lowest BCUT2D eigenvalue weighted by Crippen LogP contribution is -2.26. The third-order valence-corrected chi connectivity index (χ3v) is 6.97. The highest BCUT2D eigenvalue weighted by atomic mass is 32.2. The number of para-hydroxylation sites is 1. The molecule has 0 fully saturated rings. The van der Waals surface area contributed by atoms with Gasteiger partial charge in [0.2, 0.25) is 0 Å². The van der Waals surface area contributed by atoms with Gasteiger partial charge in [-0.15, -0.1) is 0 Å². The zero-order chi connectivity index (χ0) is 24.0. The Hall–Kier alpha value is -4.23. The Balaban J connectivity index is 1.46. The third kappa shape index (κ3) is 5.39. The quantitative estimate of drug-likeness (QED) is 0.397. The molecule has 0 aliphatic heterocycles. The molecule has 1 heterocycles. The summed E-state index contributed by atoms with van der Waals surface area (Å²) < 4.78 is 27.1. The Morgan fingerprint density at radius 3 is 2.29 bits per heavy atom. The van der Waals surface area contributed by atoms with Crippen molar-refractivity contribution in [3.05, 3.63) is 120 Å². The van der Waals surface area contributed by atoms with E-state index in [1.165, 1.54) is 35.6 Å². The molecule has 0 spiro atoms. The van der Waals surface area contributed by atoms with Gasteiger partial charge in [0.25, 0.3) is 15.9 Å². The van der Waals surface area contributed by atoms with E-state index >= 15 is 0 Å². The topological polar surface area (TPSA) is 79.4 Å². The summed E-state index contributed by atoms with van der Waals surface area (Å²) in [5.74, 6) is -0.328. The number of rotatable bonds is 7. The van der Waals surface area contributed by atoms with Crippen molar-refractivity contribution < 1.29 is 13.2 Å². The van der Waals surface area contributed by atoms with Crippen LogP contribution in [0.25, 0.3) is 12.2 Å². The average molecular weight is 470 g/mol. The Labute approximate surface area is 199 Å². The number of sulfonamides is 1. The average Bonchev–Trinajstić information content (AvgIpc) is 2.88. The van der Waals surface area contributed by atoms with Crippen LogP contribution in [0.4, 0.5) is 11.4 Å². The zero-order valence-corrected chi connectivity index (χ0v) is 19.3. The smallest absolute Gasteiger partial charge is 0.264 e. The molecule has 7 heteroatoms. The maximum atomic E-state index is 12.9. The van der Waals surface area contributed by atoms with Crippen LogP contribution in [-0.4, -0.2) is 26.4 Å². The van der Waals surface area contributed by atoms with Gasteiger partial charge < -0.3 is 5.32 Å². The van der Waals surface area contributed by atoms with E-state index in [1.807, 2.05) is 54.6 Å². The summed E-state index contributed by atoms with van der Waals surface area (Å²) in [6, 6.07) is 27.8. The molecule has 1 N–H and O–H groups in total. The maximum Gasteiger partial charge on any atom is 0.264 e. The van der Waals surface area contributed by atoms with E-state index in [1.54, 1.807) is 36.5 Å². The number of hydrogen-bond acceptors (Lipinski definition) is 4. The molecule has 6 nitrogen and oxygen atoms in total. The first-order chi connectivity index (χ1) is 16.4. The SMILES string of the molecule is CN(c1ccccc1)S(=O)(=O)c1ccc(C(=O)Nc2cccc(/C=C/c3ccccn3)c2)cc1. The molecule has 1 amide bonds. The van der Waals surface area contributed by atoms with Crippen molar-refractivity contribution in [2.45, 2.75) is 4.90 Å². The van der Waals surface area contributed by atoms with Crippen LogP contribution in [0.5, 0.6) is 0 Å². The molecule has 0 aliphatic rings. The van der Waals surface area contributed by atoms with Gasteiger partial charge >= 0.3 is 0 Å². The van der Waals surface area contributed by atoms with Gasteiger partial charge in [-0.2, -0.15) is 0 Å². The molecule has 3 aromatic carbocycles. The Kier molecular flexibility index (Phi) is 6.85. The highest BCUT2D eigenvalue weighted by Crippen LogP contribution is 2.22. The highest BCUT2D eigenvalue weighted by molar-refractivity contribution is 7.92. The molecular formula is C27H23N3O3S. The predicted molar refractivity (Wildman–Crippen MR) is 136 cm³/mol. The second-order valence-electron chi connectivity index (χ2n) is 7.50. The maximum absolute atomic E-state index is 12.9. The Morgan fingerprint density at radius 2 is 1.59 bits per heavy atom. The predicted octanol–water partition coefficient (Wildman–Crippen LogP) is 5.33. The lowest BCUT2D eigenvalue weighted by atomic mass is 10.1. The van der Waals surface area contributed by atoms with Crippen LogP contribution >= 0.6 is 0 Å². The molecule has 0 saturated heterocycles. The van der Waals surface area contributed by atoms with E-state index < -0.39 is 10.0 Å². The van der Waals surface area contributed by atoms with Gasteiger partial charge in [-0.1, -0.05) is 42.5 Å². The van der Waals surface area contributed by atoms with E-state index in [0.29, 0.717) is 16.9 Å². The van der Waals surface area contributed by atoms with Gasteiger partial charge in [-0.25, -0.2) is 8.42 Å². The van der Waals surface area contributed by atoms with E-state index in [-0.39, 0.29) is 10.8 Å². The largest absolute Gasteiger partial charge is 0.322 e. The first-order valence-electron chi connectivity index (χ1n) is 10.6. The molecule has 0 aliphatic carbocycles. The van der Waals surface area contributed by atoms with Gasteiger partial charge in [0.1, 0.15) is 0 Å². The lowest BCUT2D eigenvalue weighted by Gasteiger charge is -2.19. The molecule has 4 rings (SSSR count). The Morgan fingerprint density at radius 1 is 0.853 bits per heavy atom. The number of amides is 1. The molecule has 0 atom stereocenters. The van der Waals surface area contributed by atoms with Crippen LogP contribution < -0.4 is 9.62 Å². The number of nitrogens with zero attached hydrogens (tertiary/aromatic N) is 2. The molecule has 0 unspecified atom stereocenters. The minimum Gasteiger partial charge on any atom is -0.322 e. The summed E-state index contributed by atoms with van der Waals surface area (Å²) in [4.78, 5) is 17.1. The molecule has 34 heavy (non-hydrogen) atoms. The van der Waals surface area contributed by atoms with Crippen LogP contribution in [0.2, 0.25) is 0 Å². The van der Waals surface area contributed by atoms with Crippen LogP contribution in [0.15, 0.2) is 108 Å². The first-order valence-corrected chi connectivity index (χ1v) is 12.0. The number of hydrogen-bond donors (Lipinski definition) is 1. The fourth-order valence-corrected chi connectivity index (χ4v) is 4.49. The molecule has 0 saturated carbocycles. The second-order valence-corrected chi connectivity index (χ2v) is 9.47. The van der Waals surface area contributed by atoms with Crippen molar-refractivity contribution in [2.75, 3.05) is 16.7 Å². The van der Waals surface area contributed by atoms with E-state index in [2.05, 4.69) is 10.3 Å². The van der Waals surface area contributed by atoms with Crippen molar-refractivity contribution in [1.29, 1.82) is 0 Å². The van der Waals surface area contributed by atoms with E-state index in [9.17, 15) is 13.2 Å². The monoisotopic (exact) mass is 469 g/mol. The van der Waals surface area contributed by atoms with Gasteiger partial charge in [-0.3, -0.25) is 14.1 Å². The van der Waals surface area contributed by atoms with Crippen molar-refractivity contribution in [3.8, 4) is 0 Å². The summed E-state index contributed by atoms with van der Waals surface area (Å²) >= 11 is 0. The van der Waals surface area contributed by atoms with Gasteiger partial charge in [0, 0.05) is 24.5 Å². The summed E-state index contributed by atoms with van der Waals surface area (Å²) in [5.41, 5.74) is 3.30. The van der Waals surface area contributed by atoms with Crippen LogP contribution in [-0.2, 0) is 10.0 Å². The number of nitrogens with one attached hydrogen (secondary N) is 1. The number of benzene rings is 3. The number of aromatic nitrogens is 1. The molecule has 1 aromatic heterocycles. The molecule has 4 aromatic rings. The van der Waals surface area contributed by atoms with Crippen LogP contribution in [0.3, 0.4) is 0 Å². The molecule has 170 valence electrons. The van der Waals surface area contributed by atoms with Crippen LogP contribution in [0.1, 0.15) is 21.6 Å². The normalized spacial score (nSPS) is 11.3. The van der Waals surface area contributed by atoms with Crippen molar-refractivity contribution in [1.82, 2.24) is 4.98 Å². The molecular weight excluding hydrogens is 446 g/mol. The van der Waals surface area contributed by atoms with Gasteiger partial charge in [-0.05, 0) is 72.3 Å². The zero-order valence-electron chi connectivity index (χ0n) is 18.5. The van der Waals surface area contributed by atoms with Gasteiger partial charge in [0.15, 0.2) is 0 Å². The third-order valence-electron chi connectivity index (χ3n) is 5.17. The van der Waals surface area contributed by atoms with Crippen molar-refractivity contribution in [2.24, 2.45) is 0 Å². The number of carbonyl (C=O) groups excluding carboxylic acids is 1. The summed E-state index contributed by atoms with van der Waals surface area (Å²) in [6.07, 6.45) is 5.54. The molecule has 0 bridgehead atoms. The van der Waals surface area contributed by atoms with Gasteiger partial charge in [0.05, 0.1) is 16.3 Å². The minimum absolute atomic E-state index is 0.108. The summed E-state index contributed by atoms with van der Waals surface area (Å²) in [7, 11) is -2.24. The minimum atomic E-state index is -3.74. The second kappa shape index (κ2) is 10.1. The standard InChI is InChI=1S/C27H23N3O3S/c1-30(25-11-3-2-4-12-25)34(32,33)26-17-14-22(15-18-26)27(31)29-24-10-7-8-21(20-24)13-16-23-9-5-6-19-28-23/h2-20H,1H3,(H,29,31)/b16-13+. The summed E-state index contributed by atoms with van der Waals surface area (Å²) in [5, 5.41) is 2.86. The van der Waals surface area contributed by atoms with Crippen molar-refractivity contribution >= 4 is 39.5 Å². The fraction of sp³-hybridized carbons (Fsp3) is 0.0370. The number of anilines is 2. The van der Waals surface area contributed by atoms with E-state index in [4.69, 9.17) is 0 Å². The van der Waals surface area contributed by atoms with Crippen molar-refractivity contribution in [3.63, 3.8) is 0 Å². The molecule has 0 radical (unpaired) electrons. The summed E-state index contributed by atoms with van der Waals surface area (Å²) in [6.45, 7) is 0. The van der Waals surface area contributed by atoms with E-state index in [0.717, 1.165) is 11.3 Å². The Bertz CT molecular complexity index is 1400. The number of pyridine rings is 1. The fourth-order valence-electron chi connectivity index (χ4n) is 3.29. The number of carbonyl (C=O) groups is 1. The van der Waals surface area contributed by atoms with Crippen LogP contribution in [0, 0.1) is 0 Å². The highest BCUT2D eigenvalue weighted by Gasteiger charge is 2.21. The lowest BCUT2D eigenvalue weighted by molar-refractivity contribution is 0.102. The first kappa shape index (κ1) is 22.9.